The number of rotatable bonds is 1. The van der Waals surface area contributed by atoms with Crippen LogP contribution in [0.1, 0.15) is 10.4 Å². The number of nitrogens with one attached hydrogen (secondary N) is 3. The Morgan fingerprint density at radius 1 is 1.19 bits per heavy atom. The molecule has 16 heavy (non-hydrogen) atoms. The van der Waals surface area contributed by atoms with Gasteiger partial charge in [0, 0.05) is 18.7 Å². The summed E-state index contributed by atoms with van der Waals surface area (Å²) >= 11 is 4.69. The van der Waals surface area contributed by atoms with Crippen molar-refractivity contribution in [3.8, 4) is 0 Å². The third-order valence-electron chi connectivity index (χ3n) is 1.64. The highest BCUT2D eigenvalue weighted by Crippen LogP contribution is 2.07. The topological polar surface area (TPSA) is 53.2 Å². The summed E-state index contributed by atoms with van der Waals surface area (Å²) in [5.41, 5.74) is 4.39. The van der Waals surface area contributed by atoms with Crippen LogP contribution in [0, 0.1) is 11.6 Å². The molecule has 0 bridgehead atoms. The van der Waals surface area contributed by atoms with Gasteiger partial charge in [0.25, 0.3) is 5.91 Å². The maximum absolute atomic E-state index is 12.8. The molecule has 0 fully saturated rings. The summed E-state index contributed by atoms with van der Waals surface area (Å²) in [4.78, 5) is 11.4. The molecule has 0 radical (unpaired) electrons. The summed E-state index contributed by atoms with van der Waals surface area (Å²) in [5, 5.41) is 2.74. The first-order chi connectivity index (χ1) is 7.52. The molecule has 0 aromatic heterocycles. The highest BCUT2D eigenvalue weighted by molar-refractivity contribution is 7.80. The van der Waals surface area contributed by atoms with Gasteiger partial charge in [0.2, 0.25) is 0 Å². The van der Waals surface area contributed by atoms with Crippen LogP contribution < -0.4 is 16.2 Å². The SMILES string of the molecule is CNC(=S)NNC(=O)c1cc(F)cc(F)c1. The summed E-state index contributed by atoms with van der Waals surface area (Å²) in [6.07, 6.45) is 0. The molecule has 0 heterocycles. The second-order valence-electron chi connectivity index (χ2n) is 2.82. The van der Waals surface area contributed by atoms with E-state index < -0.39 is 17.5 Å². The number of hydrogen-bond acceptors (Lipinski definition) is 2. The number of hydrazine groups is 1. The normalized spacial score (nSPS) is 9.44. The van der Waals surface area contributed by atoms with Gasteiger partial charge in [-0.2, -0.15) is 0 Å². The summed E-state index contributed by atoms with van der Waals surface area (Å²) in [5.74, 6) is -2.32. The van der Waals surface area contributed by atoms with E-state index in [1.54, 1.807) is 7.05 Å². The predicted octanol–water partition coefficient (Wildman–Crippen LogP) is 0.703. The smallest absolute Gasteiger partial charge is 0.269 e. The van der Waals surface area contributed by atoms with E-state index in [0.717, 1.165) is 12.1 Å². The predicted molar refractivity (Wildman–Crippen MR) is 58.6 cm³/mol. The lowest BCUT2D eigenvalue weighted by Crippen LogP contribution is -2.45. The van der Waals surface area contributed by atoms with Crippen molar-refractivity contribution in [2.75, 3.05) is 7.05 Å². The highest BCUT2D eigenvalue weighted by Gasteiger charge is 2.08. The minimum absolute atomic E-state index is 0.135. The van der Waals surface area contributed by atoms with Crippen LogP contribution in [0.25, 0.3) is 0 Å². The Labute approximate surface area is 96.0 Å². The van der Waals surface area contributed by atoms with Crippen LogP contribution in [0.5, 0.6) is 0 Å². The monoisotopic (exact) mass is 245 g/mol. The fraction of sp³-hybridized carbons (Fsp3) is 0.111. The van der Waals surface area contributed by atoms with Gasteiger partial charge < -0.3 is 5.32 Å². The molecule has 0 aliphatic carbocycles. The van der Waals surface area contributed by atoms with Gasteiger partial charge in [-0.05, 0) is 24.4 Å². The molecule has 4 nitrogen and oxygen atoms in total. The standard InChI is InChI=1S/C9H9F2N3OS/c1-12-9(16)14-13-8(15)5-2-6(10)4-7(11)3-5/h2-4H,1H3,(H,13,15)(H2,12,14,16). The van der Waals surface area contributed by atoms with Crippen molar-refractivity contribution in [1.29, 1.82) is 0 Å². The van der Waals surface area contributed by atoms with E-state index in [-0.39, 0.29) is 10.7 Å². The average Bonchev–Trinajstić information content (AvgIpc) is 2.23. The third kappa shape index (κ3) is 3.43. The second kappa shape index (κ2) is 5.36. The van der Waals surface area contributed by atoms with Crippen molar-refractivity contribution in [2.24, 2.45) is 0 Å². The lowest BCUT2D eigenvalue weighted by atomic mass is 10.2. The molecule has 0 saturated heterocycles. The Morgan fingerprint density at radius 3 is 2.25 bits per heavy atom. The van der Waals surface area contributed by atoms with Crippen molar-refractivity contribution in [3.05, 3.63) is 35.4 Å². The van der Waals surface area contributed by atoms with E-state index >= 15 is 0 Å². The van der Waals surface area contributed by atoms with Gasteiger partial charge in [-0.15, -0.1) is 0 Å². The zero-order valence-corrected chi connectivity index (χ0v) is 9.12. The minimum atomic E-state index is -0.818. The Kier molecular flexibility index (Phi) is 4.12. The zero-order chi connectivity index (χ0) is 12.1. The van der Waals surface area contributed by atoms with Crippen LogP contribution >= 0.6 is 12.2 Å². The van der Waals surface area contributed by atoms with Gasteiger partial charge in [-0.3, -0.25) is 15.6 Å². The average molecular weight is 245 g/mol. The fourth-order valence-corrected chi connectivity index (χ4v) is 0.984. The van der Waals surface area contributed by atoms with E-state index in [1.165, 1.54) is 0 Å². The molecule has 7 heteroatoms. The lowest BCUT2D eigenvalue weighted by Gasteiger charge is -2.08. The second-order valence-corrected chi connectivity index (χ2v) is 3.22. The molecule has 1 amide bonds. The first kappa shape index (κ1) is 12.3. The van der Waals surface area contributed by atoms with Gasteiger partial charge >= 0.3 is 0 Å². The number of thiocarbonyl (C=S) groups is 1. The fourth-order valence-electron chi connectivity index (χ4n) is 0.933. The maximum Gasteiger partial charge on any atom is 0.269 e. The van der Waals surface area contributed by atoms with Crippen LogP contribution in [0.15, 0.2) is 18.2 Å². The zero-order valence-electron chi connectivity index (χ0n) is 8.30. The van der Waals surface area contributed by atoms with Crippen LogP contribution in [-0.4, -0.2) is 18.1 Å². The number of carbonyl (C=O) groups is 1. The summed E-state index contributed by atoms with van der Waals surface area (Å²) in [7, 11) is 1.56. The third-order valence-corrected chi connectivity index (χ3v) is 1.95. The molecule has 0 unspecified atom stereocenters. The quantitative estimate of drug-likeness (QED) is 0.503. The Balaban J connectivity index is 2.69. The van der Waals surface area contributed by atoms with Crippen molar-refractivity contribution >= 4 is 23.2 Å². The van der Waals surface area contributed by atoms with Crippen LogP contribution in [0.3, 0.4) is 0 Å². The van der Waals surface area contributed by atoms with Crippen molar-refractivity contribution < 1.29 is 13.6 Å². The Bertz CT molecular complexity index is 405. The Morgan fingerprint density at radius 2 is 1.75 bits per heavy atom. The highest BCUT2D eigenvalue weighted by atomic mass is 32.1. The molecule has 0 atom stereocenters. The summed E-state index contributed by atoms with van der Waals surface area (Å²) < 4.78 is 25.5. The van der Waals surface area contributed by atoms with Gasteiger partial charge in [-0.1, -0.05) is 0 Å². The summed E-state index contributed by atoms with van der Waals surface area (Å²) in [6.45, 7) is 0. The molecule has 0 aliphatic heterocycles. The molecule has 1 aromatic carbocycles. The Hall–Kier alpha value is -1.76. The number of halogens is 2. The molecule has 1 aromatic rings. The lowest BCUT2D eigenvalue weighted by molar-refractivity contribution is 0.0943. The molecule has 1 rings (SSSR count). The van der Waals surface area contributed by atoms with Crippen molar-refractivity contribution in [2.45, 2.75) is 0 Å². The van der Waals surface area contributed by atoms with Gasteiger partial charge in [0.15, 0.2) is 5.11 Å². The van der Waals surface area contributed by atoms with Crippen LogP contribution in [0.2, 0.25) is 0 Å². The van der Waals surface area contributed by atoms with Gasteiger partial charge in [0.05, 0.1) is 0 Å². The first-order valence-corrected chi connectivity index (χ1v) is 4.68. The van der Waals surface area contributed by atoms with E-state index in [0.29, 0.717) is 6.07 Å². The maximum atomic E-state index is 12.8. The van der Waals surface area contributed by atoms with E-state index in [9.17, 15) is 13.6 Å². The molecule has 3 N–H and O–H groups in total. The summed E-state index contributed by atoms with van der Waals surface area (Å²) in [6, 6.07) is 2.52. The van der Waals surface area contributed by atoms with Crippen LogP contribution in [0.4, 0.5) is 8.78 Å². The minimum Gasteiger partial charge on any atom is -0.364 e. The van der Waals surface area contributed by atoms with E-state index in [4.69, 9.17) is 12.2 Å². The first-order valence-electron chi connectivity index (χ1n) is 4.27. The number of amides is 1. The van der Waals surface area contributed by atoms with Crippen molar-refractivity contribution in [1.82, 2.24) is 16.2 Å². The number of carbonyl (C=O) groups excluding carboxylic acids is 1. The van der Waals surface area contributed by atoms with Crippen LogP contribution in [-0.2, 0) is 0 Å². The molecular weight excluding hydrogens is 236 g/mol. The van der Waals surface area contributed by atoms with E-state index in [1.807, 2.05) is 0 Å². The molecular formula is C9H9F2N3OS. The molecule has 0 aliphatic rings. The van der Waals surface area contributed by atoms with E-state index in [2.05, 4.69) is 16.2 Å². The molecule has 0 saturated carbocycles. The number of benzene rings is 1. The molecule has 86 valence electrons. The number of hydrogen-bond donors (Lipinski definition) is 3. The molecule has 0 spiro atoms. The van der Waals surface area contributed by atoms with Crippen molar-refractivity contribution in [3.63, 3.8) is 0 Å². The van der Waals surface area contributed by atoms with Gasteiger partial charge in [0.1, 0.15) is 11.6 Å². The largest absolute Gasteiger partial charge is 0.364 e. The van der Waals surface area contributed by atoms with Gasteiger partial charge in [-0.25, -0.2) is 8.78 Å².